The highest BCUT2D eigenvalue weighted by atomic mass is 16.5. The van der Waals surface area contributed by atoms with Crippen molar-refractivity contribution in [3.63, 3.8) is 0 Å². The first-order valence-corrected chi connectivity index (χ1v) is 9.98. The number of nitrogens with one attached hydrogen (secondary N) is 1. The van der Waals surface area contributed by atoms with Crippen LogP contribution in [0.15, 0.2) is 53.1 Å². The van der Waals surface area contributed by atoms with Crippen LogP contribution in [-0.4, -0.2) is 20.6 Å². The lowest BCUT2D eigenvalue weighted by molar-refractivity contribution is 0.102. The average molecular weight is 404 g/mol. The number of anilines is 1. The first kappa shape index (κ1) is 19.7. The Morgan fingerprint density at radius 2 is 1.90 bits per heavy atom. The standard InChI is InChI=1S/C23H24N4O3/c1-4-13-27-20-11-7-6-10-19(20)24-23(27)25-22(28)17-9-5-8-12-21(17)29-14-18-15(2)26-30-16(18)3/h5-12H,4,13-14H2,1-3H3,(H,24,25,28). The molecule has 0 saturated heterocycles. The molecule has 2 heterocycles. The van der Waals surface area contributed by atoms with Gasteiger partial charge in [0.05, 0.1) is 27.9 Å². The number of imidazole rings is 1. The Morgan fingerprint density at radius 1 is 1.13 bits per heavy atom. The van der Waals surface area contributed by atoms with Gasteiger partial charge in [-0.1, -0.05) is 36.3 Å². The number of hydrogen-bond acceptors (Lipinski definition) is 5. The number of aromatic nitrogens is 3. The Hall–Kier alpha value is -3.61. The SMILES string of the molecule is CCCn1c(NC(=O)c2ccccc2OCc2c(C)noc2C)nc2ccccc21. The van der Waals surface area contributed by atoms with Crippen molar-refractivity contribution >= 4 is 22.9 Å². The molecule has 30 heavy (non-hydrogen) atoms. The molecular weight excluding hydrogens is 380 g/mol. The van der Waals surface area contributed by atoms with Crippen LogP contribution < -0.4 is 10.1 Å². The van der Waals surface area contributed by atoms with E-state index in [0.717, 1.165) is 35.3 Å². The minimum Gasteiger partial charge on any atom is -0.488 e. The number of benzene rings is 2. The monoisotopic (exact) mass is 404 g/mol. The summed E-state index contributed by atoms with van der Waals surface area (Å²) in [6.45, 7) is 6.85. The highest BCUT2D eigenvalue weighted by Crippen LogP contribution is 2.24. The van der Waals surface area contributed by atoms with E-state index >= 15 is 0 Å². The maximum atomic E-state index is 13.1. The van der Waals surface area contributed by atoms with Crippen LogP contribution in [0.2, 0.25) is 0 Å². The van der Waals surface area contributed by atoms with E-state index in [-0.39, 0.29) is 12.5 Å². The molecule has 7 nitrogen and oxygen atoms in total. The number of ether oxygens (including phenoxy) is 1. The van der Waals surface area contributed by atoms with Crippen molar-refractivity contribution < 1.29 is 14.1 Å². The van der Waals surface area contributed by atoms with Gasteiger partial charge in [-0.25, -0.2) is 4.98 Å². The average Bonchev–Trinajstić information content (AvgIpc) is 3.26. The summed E-state index contributed by atoms with van der Waals surface area (Å²) in [7, 11) is 0. The molecule has 0 saturated carbocycles. The number of carbonyl (C=O) groups is 1. The fraction of sp³-hybridized carbons (Fsp3) is 0.261. The second-order valence-corrected chi connectivity index (χ2v) is 7.12. The molecule has 0 fully saturated rings. The molecule has 154 valence electrons. The predicted molar refractivity (Wildman–Crippen MR) is 115 cm³/mol. The largest absolute Gasteiger partial charge is 0.488 e. The summed E-state index contributed by atoms with van der Waals surface area (Å²) in [4.78, 5) is 17.7. The fourth-order valence-electron chi connectivity index (χ4n) is 3.43. The van der Waals surface area contributed by atoms with E-state index in [9.17, 15) is 4.79 Å². The van der Waals surface area contributed by atoms with Crippen LogP contribution in [0.3, 0.4) is 0 Å². The molecule has 4 rings (SSSR count). The van der Waals surface area contributed by atoms with Crippen molar-refractivity contribution in [2.45, 2.75) is 40.3 Å². The molecule has 0 unspecified atom stereocenters. The maximum absolute atomic E-state index is 13.1. The Bertz CT molecular complexity index is 1170. The van der Waals surface area contributed by atoms with E-state index in [0.29, 0.717) is 23.0 Å². The number of fused-ring (bicyclic) bond motifs is 1. The topological polar surface area (TPSA) is 82.2 Å². The van der Waals surface area contributed by atoms with Crippen molar-refractivity contribution in [1.29, 1.82) is 0 Å². The summed E-state index contributed by atoms with van der Waals surface area (Å²) in [6, 6.07) is 15.0. The molecule has 4 aromatic rings. The number of carbonyl (C=O) groups excluding carboxylic acids is 1. The van der Waals surface area contributed by atoms with E-state index in [1.807, 2.05) is 54.8 Å². The third kappa shape index (κ3) is 3.78. The van der Waals surface area contributed by atoms with Crippen molar-refractivity contribution in [2.75, 3.05) is 5.32 Å². The second-order valence-electron chi connectivity index (χ2n) is 7.12. The first-order chi connectivity index (χ1) is 14.6. The number of para-hydroxylation sites is 3. The molecule has 0 spiro atoms. The zero-order chi connectivity index (χ0) is 21.1. The van der Waals surface area contributed by atoms with Crippen LogP contribution in [0.4, 0.5) is 5.95 Å². The van der Waals surface area contributed by atoms with Gasteiger partial charge in [0.1, 0.15) is 18.1 Å². The van der Waals surface area contributed by atoms with Gasteiger partial charge in [0.2, 0.25) is 5.95 Å². The minimum absolute atomic E-state index is 0.267. The van der Waals surface area contributed by atoms with E-state index in [4.69, 9.17) is 9.26 Å². The molecule has 0 aliphatic rings. The Morgan fingerprint density at radius 3 is 2.67 bits per heavy atom. The van der Waals surface area contributed by atoms with Crippen LogP contribution in [0.1, 0.15) is 40.7 Å². The number of aryl methyl sites for hydroxylation is 3. The molecule has 1 amide bonds. The van der Waals surface area contributed by atoms with E-state index in [1.54, 1.807) is 12.1 Å². The smallest absolute Gasteiger partial charge is 0.261 e. The highest BCUT2D eigenvalue weighted by molar-refractivity contribution is 6.06. The molecule has 2 aromatic carbocycles. The summed E-state index contributed by atoms with van der Waals surface area (Å²) in [5.74, 6) is 1.47. The van der Waals surface area contributed by atoms with Crippen LogP contribution in [0.25, 0.3) is 11.0 Å². The van der Waals surface area contributed by atoms with Gasteiger partial charge in [-0.15, -0.1) is 0 Å². The van der Waals surface area contributed by atoms with Gasteiger partial charge in [-0.05, 0) is 44.5 Å². The molecule has 1 N–H and O–H groups in total. The molecule has 2 aromatic heterocycles. The van der Waals surface area contributed by atoms with Crippen molar-refractivity contribution in [3.8, 4) is 5.75 Å². The second kappa shape index (κ2) is 8.41. The van der Waals surface area contributed by atoms with Crippen molar-refractivity contribution in [2.24, 2.45) is 0 Å². The van der Waals surface area contributed by atoms with Crippen LogP contribution >= 0.6 is 0 Å². The number of amides is 1. The van der Waals surface area contributed by atoms with Crippen molar-refractivity contribution in [1.82, 2.24) is 14.7 Å². The maximum Gasteiger partial charge on any atom is 0.261 e. The third-order valence-electron chi connectivity index (χ3n) is 5.01. The van der Waals surface area contributed by atoms with Crippen LogP contribution in [-0.2, 0) is 13.2 Å². The lowest BCUT2D eigenvalue weighted by Gasteiger charge is -2.12. The van der Waals surface area contributed by atoms with Gasteiger partial charge in [0, 0.05) is 6.54 Å². The zero-order valence-corrected chi connectivity index (χ0v) is 17.3. The van der Waals surface area contributed by atoms with E-state index in [1.165, 1.54) is 0 Å². The van der Waals surface area contributed by atoms with Gasteiger partial charge in [-0.2, -0.15) is 0 Å². The zero-order valence-electron chi connectivity index (χ0n) is 17.3. The summed E-state index contributed by atoms with van der Waals surface area (Å²) < 4.78 is 13.2. The minimum atomic E-state index is -0.267. The lowest BCUT2D eigenvalue weighted by atomic mass is 10.2. The quantitative estimate of drug-likeness (QED) is 0.475. The highest BCUT2D eigenvalue weighted by Gasteiger charge is 2.18. The lowest BCUT2D eigenvalue weighted by Crippen LogP contribution is -2.17. The Kier molecular flexibility index (Phi) is 5.52. The van der Waals surface area contributed by atoms with E-state index < -0.39 is 0 Å². The fourth-order valence-corrected chi connectivity index (χ4v) is 3.43. The molecule has 0 atom stereocenters. The molecule has 0 bridgehead atoms. The molecule has 0 radical (unpaired) electrons. The Labute approximate surface area is 174 Å². The molecule has 0 aliphatic heterocycles. The first-order valence-electron chi connectivity index (χ1n) is 9.98. The summed E-state index contributed by atoms with van der Waals surface area (Å²) >= 11 is 0. The van der Waals surface area contributed by atoms with E-state index in [2.05, 4.69) is 22.4 Å². The Balaban J connectivity index is 1.59. The number of nitrogens with zero attached hydrogens (tertiary/aromatic N) is 3. The third-order valence-corrected chi connectivity index (χ3v) is 5.01. The number of rotatable bonds is 7. The van der Waals surface area contributed by atoms with Gasteiger partial charge < -0.3 is 13.8 Å². The summed E-state index contributed by atoms with van der Waals surface area (Å²) in [5.41, 5.74) is 3.96. The predicted octanol–water partition coefficient (Wildman–Crippen LogP) is 4.88. The van der Waals surface area contributed by atoms with Crippen molar-refractivity contribution in [3.05, 3.63) is 71.1 Å². The molecular formula is C23H24N4O3. The number of hydrogen-bond donors (Lipinski definition) is 1. The van der Waals surface area contributed by atoms with Gasteiger partial charge >= 0.3 is 0 Å². The molecule has 7 heteroatoms. The van der Waals surface area contributed by atoms with Gasteiger partial charge in [0.15, 0.2) is 0 Å². The molecule has 0 aliphatic carbocycles. The van der Waals surface area contributed by atoms with Crippen LogP contribution in [0.5, 0.6) is 5.75 Å². The summed E-state index contributed by atoms with van der Waals surface area (Å²) in [6.07, 6.45) is 0.931. The van der Waals surface area contributed by atoms with Gasteiger partial charge in [0.25, 0.3) is 5.91 Å². The van der Waals surface area contributed by atoms with Crippen LogP contribution in [0, 0.1) is 13.8 Å². The van der Waals surface area contributed by atoms with Gasteiger partial charge in [-0.3, -0.25) is 10.1 Å². The summed E-state index contributed by atoms with van der Waals surface area (Å²) in [5, 5.41) is 6.90. The normalized spacial score (nSPS) is 11.0.